The molecule has 3 nitrogen and oxygen atoms in total. The van der Waals surface area contributed by atoms with Crippen LogP contribution < -0.4 is 9.37 Å². The number of alkyl halides is 3. The summed E-state index contributed by atoms with van der Waals surface area (Å²) in [6.07, 6.45) is 0. The quantitative estimate of drug-likeness (QED) is 0.394. The van der Waals surface area contributed by atoms with Gasteiger partial charge in [0.25, 0.3) is 0 Å². The highest BCUT2D eigenvalue weighted by molar-refractivity contribution is 9.10. The van der Waals surface area contributed by atoms with Crippen LogP contribution in [0.4, 0.5) is 13.2 Å². The van der Waals surface area contributed by atoms with Gasteiger partial charge in [0, 0.05) is 0 Å². The average molecular weight is 433 g/mol. The van der Waals surface area contributed by atoms with Crippen LogP contribution in [0.3, 0.4) is 0 Å². The molecule has 23 heavy (non-hydrogen) atoms. The summed E-state index contributed by atoms with van der Waals surface area (Å²) in [5, 5.41) is 0.324. The molecule has 0 atom stereocenters. The summed E-state index contributed by atoms with van der Waals surface area (Å²) >= 11 is 3.14. The standard InChI is InChI=1S/C14H20BrF3O3SSi/c1-9-7-10(15)12(21-22(19,20)14(16,17)18)11(8-9)23(5,6)13(2,3)4/h7-8H,1-6H3. The molecule has 0 saturated heterocycles. The van der Waals surface area contributed by atoms with Gasteiger partial charge in [0.15, 0.2) is 5.75 Å². The molecule has 0 heterocycles. The second-order valence-electron chi connectivity index (χ2n) is 6.98. The Morgan fingerprint density at radius 2 is 1.61 bits per heavy atom. The molecule has 0 saturated carbocycles. The first kappa shape index (κ1) is 20.5. The Kier molecular flexibility index (Phi) is 5.41. The summed E-state index contributed by atoms with van der Waals surface area (Å²) in [7, 11) is -8.06. The smallest absolute Gasteiger partial charge is 0.375 e. The SMILES string of the molecule is Cc1cc(Br)c(OS(=O)(=O)C(F)(F)F)c([Si](C)(C)C(C)(C)C)c1. The Labute approximate surface area is 144 Å². The third-order valence-corrected chi connectivity index (χ3v) is 11.2. The summed E-state index contributed by atoms with van der Waals surface area (Å²) < 4.78 is 65.6. The normalized spacial score (nSPS) is 14.0. The van der Waals surface area contributed by atoms with Crippen LogP contribution >= 0.6 is 15.9 Å². The van der Waals surface area contributed by atoms with Gasteiger partial charge in [-0.3, -0.25) is 0 Å². The molecule has 0 amide bonds. The molecule has 0 unspecified atom stereocenters. The Balaban J connectivity index is 3.63. The average Bonchev–Trinajstić information content (AvgIpc) is 2.29. The molecule has 0 aromatic heterocycles. The van der Waals surface area contributed by atoms with Gasteiger partial charge in [0.05, 0.1) is 12.5 Å². The molecule has 0 bridgehead atoms. The van der Waals surface area contributed by atoms with Gasteiger partial charge in [-0.05, 0) is 44.7 Å². The van der Waals surface area contributed by atoms with Crippen molar-refractivity contribution in [1.82, 2.24) is 0 Å². The highest BCUT2D eigenvalue weighted by Gasteiger charge is 2.50. The minimum absolute atomic E-state index is 0.199. The molecule has 1 aromatic rings. The van der Waals surface area contributed by atoms with Crippen molar-refractivity contribution in [2.24, 2.45) is 0 Å². The van der Waals surface area contributed by atoms with Gasteiger partial charge < -0.3 is 4.18 Å². The number of hydrogen-bond donors (Lipinski definition) is 0. The van der Waals surface area contributed by atoms with Crippen LogP contribution in [0.1, 0.15) is 26.3 Å². The van der Waals surface area contributed by atoms with Gasteiger partial charge in [0.1, 0.15) is 0 Å². The molecule has 1 rings (SSSR count). The zero-order valence-electron chi connectivity index (χ0n) is 13.8. The highest BCUT2D eigenvalue weighted by atomic mass is 79.9. The van der Waals surface area contributed by atoms with Crippen molar-refractivity contribution in [3.63, 3.8) is 0 Å². The summed E-state index contributed by atoms with van der Waals surface area (Å²) in [4.78, 5) is 0. The predicted molar refractivity (Wildman–Crippen MR) is 91.3 cm³/mol. The van der Waals surface area contributed by atoms with E-state index in [0.29, 0.717) is 5.19 Å². The van der Waals surface area contributed by atoms with Crippen LogP contribution in [0, 0.1) is 6.92 Å². The summed E-state index contributed by atoms with van der Waals surface area (Å²) in [6, 6.07) is 3.25. The van der Waals surface area contributed by atoms with Gasteiger partial charge in [-0.25, -0.2) is 0 Å². The van der Waals surface area contributed by atoms with Gasteiger partial charge in [-0.2, -0.15) is 21.6 Å². The van der Waals surface area contributed by atoms with E-state index in [2.05, 4.69) is 20.1 Å². The highest BCUT2D eigenvalue weighted by Crippen LogP contribution is 2.40. The fourth-order valence-electron chi connectivity index (χ4n) is 1.84. The van der Waals surface area contributed by atoms with Crippen LogP contribution in [0.15, 0.2) is 16.6 Å². The Morgan fingerprint density at radius 3 is 2.00 bits per heavy atom. The lowest BCUT2D eigenvalue weighted by atomic mass is 10.2. The lowest BCUT2D eigenvalue weighted by molar-refractivity contribution is -0.0499. The van der Waals surface area contributed by atoms with Crippen molar-refractivity contribution < 1.29 is 25.8 Å². The largest absolute Gasteiger partial charge is 0.534 e. The van der Waals surface area contributed by atoms with E-state index in [1.54, 1.807) is 13.0 Å². The van der Waals surface area contributed by atoms with Crippen LogP contribution in [-0.2, 0) is 10.1 Å². The molecule has 9 heteroatoms. The fourth-order valence-corrected chi connectivity index (χ4v) is 5.50. The van der Waals surface area contributed by atoms with E-state index in [0.717, 1.165) is 5.56 Å². The van der Waals surface area contributed by atoms with Crippen molar-refractivity contribution in [3.05, 3.63) is 22.2 Å². The summed E-state index contributed by atoms with van der Waals surface area (Å²) in [6.45, 7) is 11.7. The van der Waals surface area contributed by atoms with E-state index < -0.39 is 23.7 Å². The molecule has 0 radical (unpaired) electrons. The Bertz CT molecular complexity index is 707. The maximum Gasteiger partial charge on any atom is 0.534 e. The van der Waals surface area contributed by atoms with Crippen LogP contribution in [-0.4, -0.2) is 22.0 Å². The number of benzene rings is 1. The first-order valence-corrected chi connectivity index (χ1v) is 12.0. The monoisotopic (exact) mass is 432 g/mol. The first-order valence-electron chi connectivity index (χ1n) is 6.82. The van der Waals surface area contributed by atoms with Crippen LogP contribution in [0.25, 0.3) is 0 Å². The lowest BCUT2D eigenvalue weighted by Gasteiger charge is -2.38. The number of hydrogen-bond acceptors (Lipinski definition) is 3. The summed E-state index contributed by atoms with van der Waals surface area (Å²) in [5.74, 6) is -0.264. The van der Waals surface area contributed by atoms with Crippen molar-refractivity contribution >= 4 is 39.3 Å². The number of halogens is 4. The maximum absolute atomic E-state index is 12.7. The van der Waals surface area contributed by atoms with Gasteiger partial charge >= 0.3 is 15.6 Å². The topological polar surface area (TPSA) is 43.4 Å². The zero-order chi connectivity index (χ0) is 18.4. The molecule has 1 aromatic carbocycles. The van der Waals surface area contributed by atoms with Crippen LogP contribution in [0.2, 0.25) is 18.1 Å². The molecule has 0 aliphatic rings. The Hall–Kier alpha value is -0.543. The second-order valence-corrected chi connectivity index (χ2v) is 14.7. The molecule has 132 valence electrons. The zero-order valence-corrected chi connectivity index (χ0v) is 17.2. The molecular weight excluding hydrogens is 413 g/mol. The Morgan fingerprint density at radius 1 is 1.13 bits per heavy atom. The van der Waals surface area contributed by atoms with E-state index in [9.17, 15) is 21.6 Å². The minimum atomic E-state index is -5.72. The third-order valence-electron chi connectivity index (χ3n) is 4.21. The van der Waals surface area contributed by atoms with Gasteiger partial charge in [-0.1, -0.05) is 39.9 Å². The first-order chi connectivity index (χ1) is 10.0. The van der Waals surface area contributed by atoms with Crippen molar-refractivity contribution in [2.45, 2.75) is 51.3 Å². The molecular formula is C14H20BrF3O3SSi. The second kappa shape index (κ2) is 6.07. The predicted octanol–water partition coefficient (Wildman–Crippen LogP) is 4.70. The van der Waals surface area contributed by atoms with Crippen molar-refractivity contribution in [2.75, 3.05) is 0 Å². The minimum Gasteiger partial charge on any atom is -0.375 e. The lowest BCUT2D eigenvalue weighted by Crippen LogP contribution is -2.50. The molecule has 0 spiro atoms. The van der Waals surface area contributed by atoms with E-state index in [4.69, 9.17) is 0 Å². The molecule has 0 aliphatic heterocycles. The number of rotatable bonds is 3. The van der Waals surface area contributed by atoms with E-state index in [1.165, 1.54) is 6.07 Å². The van der Waals surface area contributed by atoms with Crippen LogP contribution in [0.5, 0.6) is 5.75 Å². The fraction of sp³-hybridized carbons (Fsp3) is 0.571. The maximum atomic E-state index is 12.7. The van der Waals surface area contributed by atoms with Crippen molar-refractivity contribution in [3.8, 4) is 5.75 Å². The van der Waals surface area contributed by atoms with Gasteiger partial charge in [-0.15, -0.1) is 0 Å². The van der Waals surface area contributed by atoms with E-state index in [1.807, 2.05) is 33.9 Å². The molecule has 0 fully saturated rings. The molecule has 0 N–H and O–H groups in total. The van der Waals surface area contributed by atoms with Gasteiger partial charge in [0.2, 0.25) is 0 Å². The number of aryl methyl sites for hydroxylation is 1. The van der Waals surface area contributed by atoms with Crippen molar-refractivity contribution in [1.29, 1.82) is 0 Å². The van der Waals surface area contributed by atoms with E-state index in [-0.39, 0.29) is 15.3 Å². The van der Waals surface area contributed by atoms with E-state index >= 15 is 0 Å². The molecule has 0 aliphatic carbocycles. The summed E-state index contributed by atoms with van der Waals surface area (Å²) in [5.41, 5.74) is -4.66. The third kappa shape index (κ3) is 4.11.